The molecule has 24 heavy (non-hydrogen) atoms. The maximum absolute atomic E-state index is 5.16. The van der Waals surface area contributed by atoms with E-state index in [1.807, 2.05) is 0 Å². The second-order valence-corrected chi connectivity index (χ2v) is 6.56. The van der Waals surface area contributed by atoms with E-state index in [1.165, 1.54) is 38.8 Å². The molecule has 1 rings (SSSR count). The van der Waals surface area contributed by atoms with Crippen molar-refractivity contribution in [2.75, 3.05) is 53.0 Å². The largest absolute Gasteiger partial charge is 0.383 e. The third-order valence-corrected chi connectivity index (χ3v) is 4.88. The predicted molar refractivity (Wildman–Crippen MR) is 115 cm³/mol. The summed E-state index contributed by atoms with van der Waals surface area (Å²) in [4.78, 5) is 7.27. The third kappa shape index (κ3) is 10.0. The maximum atomic E-state index is 5.16. The van der Waals surface area contributed by atoms with E-state index in [0.717, 1.165) is 44.7 Å². The molecule has 0 saturated carbocycles. The van der Waals surface area contributed by atoms with Crippen LogP contribution in [0.3, 0.4) is 0 Å². The van der Waals surface area contributed by atoms with E-state index < -0.39 is 0 Å². The minimum atomic E-state index is 0. The highest BCUT2D eigenvalue weighted by atomic mass is 127. The lowest BCUT2D eigenvalue weighted by Gasteiger charge is -2.32. The molecule has 2 N–H and O–H groups in total. The zero-order valence-corrected chi connectivity index (χ0v) is 18.5. The highest BCUT2D eigenvalue weighted by molar-refractivity contribution is 14.0. The normalized spacial score (nSPS) is 17.0. The van der Waals surface area contributed by atoms with Gasteiger partial charge in [-0.1, -0.05) is 26.7 Å². The van der Waals surface area contributed by atoms with Crippen molar-refractivity contribution in [3.05, 3.63) is 0 Å². The molecule has 0 aromatic carbocycles. The smallest absolute Gasteiger partial charge is 0.191 e. The van der Waals surface area contributed by atoms with E-state index in [0.29, 0.717) is 5.92 Å². The Bertz CT molecular complexity index is 316. The molecule has 1 saturated heterocycles. The van der Waals surface area contributed by atoms with Gasteiger partial charge in [0.2, 0.25) is 0 Å². The van der Waals surface area contributed by atoms with Crippen LogP contribution in [0.15, 0.2) is 4.99 Å². The van der Waals surface area contributed by atoms with Gasteiger partial charge in [-0.2, -0.15) is 0 Å². The molecule has 0 radical (unpaired) electrons. The van der Waals surface area contributed by atoms with Gasteiger partial charge in [-0.3, -0.25) is 4.99 Å². The Hall–Kier alpha value is -0.0800. The van der Waals surface area contributed by atoms with Crippen LogP contribution in [0.5, 0.6) is 0 Å². The average Bonchev–Trinajstić information content (AvgIpc) is 2.59. The van der Waals surface area contributed by atoms with Gasteiger partial charge in [0.15, 0.2) is 5.96 Å². The molecule has 5 nitrogen and oxygen atoms in total. The summed E-state index contributed by atoms with van der Waals surface area (Å²) >= 11 is 0. The number of hydrogen-bond donors (Lipinski definition) is 2. The number of guanidine groups is 1. The molecule has 6 heteroatoms. The molecule has 0 aromatic rings. The lowest BCUT2D eigenvalue weighted by Crippen LogP contribution is -2.43. The summed E-state index contributed by atoms with van der Waals surface area (Å²) in [7, 11) is 1.78. The zero-order chi connectivity index (χ0) is 16.9. The maximum Gasteiger partial charge on any atom is 0.191 e. The molecule has 0 atom stereocenters. The van der Waals surface area contributed by atoms with Gasteiger partial charge in [-0.15, -0.1) is 24.0 Å². The second-order valence-electron chi connectivity index (χ2n) is 6.56. The molecule has 0 amide bonds. The Kier molecular flexibility index (Phi) is 15.1. The third-order valence-electron chi connectivity index (χ3n) is 4.88. The van der Waals surface area contributed by atoms with Gasteiger partial charge in [-0.25, -0.2) is 0 Å². The summed E-state index contributed by atoms with van der Waals surface area (Å²) < 4.78 is 5.16. The highest BCUT2D eigenvalue weighted by Crippen LogP contribution is 2.16. The molecule has 144 valence electrons. The first-order chi connectivity index (χ1) is 11.2. The predicted octanol–water partition coefficient (Wildman–Crippen LogP) is 2.95. The van der Waals surface area contributed by atoms with Crippen LogP contribution in [-0.2, 0) is 4.74 Å². The first kappa shape index (κ1) is 23.9. The molecule has 0 spiro atoms. The summed E-state index contributed by atoms with van der Waals surface area (Å²) in [6, 6.07) is 0. The number of piperidine rings is 1. The highest BCUT2D eigenvalue weighted by Gasteiger charge is 2.19. The van der Waals surface area contributed by atoms with Crippen molar-refractivity contribution in [1.82, 2.24) is 15.5 Å². The summed E-state index contributed by atoms with van der Waals surface area (Å²) in [5, 5.41) is 6.92. The molecule has 1 fully saturated rings. The number of hydrogen-bond acceptors (Lipinski definition) is 3. The Labute approximate surface area is 166 Å². The van der Waals surface area contributed by atoms with Crippen molar-refractivity contribution in [3.8, 4) is 0 Å². The molecule has 0 bridgehead atoms. The Morgan fingerprint density at radius 3 is 2.38 bits per heavy atom. The Morgan fingerprint density at radius 1 is 1.17 bits per heavy atom. The average molecular weight is 454 g/mol. The van der Waals surface area contributed by atoms with E-state index >= 15 is 0 Å². The quantitative estimate of drug-likeness (QED) is 0.303. The number of rotatable bonds is 10. The van der Waals surface area contributed by atoms with Crippen LogP contribution in [0.25, 0.3) is 0 Å². The van der Waals surface area contributed by atoms with Crippen molar-refractivity contribution in [2.24, 2.45) is 16.8 Å². The van der Waals surface area contributed by atoms with Crippen LogP contribution in [0, 0.1) is 11.8 Å². The summed E-state index contributed by atoms with van der Waals surface area (Å²) in [6.45, 7) is 13.8. The first-order valence-corrected chi connectivity index (χ1v) is 9.46. The van der Waals surface area contributed by atoms with Crippen molar-refractivity contribution in [3.63, 3.8) is 0 Å². The van der Waals surface area contributed by atoms with Crippen LogP contribution in [0.2, 0.25) is 0 Å². The van der Waals surface area contributed by atoms with Crippen LogP contribution in [0.4, 0.5) is 0 Å². The lowest BCUT2D eigenvalue weighted by atomic mass is 9.97. The molecular weight excluding hydrogens is 415 g/mol. The van der Waals surface area contributed by atoms with Gasteiger partial charge >= 0.3 is 0 Å². The topological polar surface area (TPSA) is 48.9 Å². The molecule has 1 heterocycles. The summed E-state index contributed by atoms with van der Waals surface area (Å²) in [5.41, 5.74) is 0. The second kappa shape index (κ2) is 15.2. The zero-order valence-electron chi connectivity index (χ0n) is 16.1. The molecule has 0 unspecified atom stereocenters. The minimum Gasteiger partial charge on any atom is -0.383 e. The number of likely N-dealkylation sites (tertiary alicyclic amines) is 1. The van der Waals surface area contributed by atoms with Crippen LogP contribution in [-0.4, -0.2) is 63.8 Å². The lowest BCUT2D eigenvalue weighted by molar-refractivity contribution is 0.121. The Morgan fingerprint density at radius 2 is 1.83 bits per heavy atom. The number of halogens is 1. The van der Waals surface area contributed by atoms with Crippen LogP contribution >= 0.6 is 24.0 Å². The molecular formula is C18H39IN4O. The molecule has 1 aliphatic rings. The summed E-state index contributed by atoms with van der Waals surface area (Å²) in [5.74, 6) is 2.45. The number of methoxy groups -OCH3 is 1. The van der Waals surface area contributed by atoms with Crippen LogP contribution in [0.1, 0.15) is 46.5 Å². The van der Waals surface area contributed by atoms with E-state index in [4.69, 9.17) is 9.73 Å². The van der Waals surface area contributed by atoms with Gasteiger partial charge in [0.1, 0.15) is 0 Å². The van der Waals surface area contributed by atoms with E-state index in [2.05, 4.69) is 36.3 Å². The molecule has 0 aromatic heterocycles. The van der Waals surface area contributed by atoms with Gasteiger partial charge in [0, 0.05) is 33.3 Å². The number of aliphatic imine (C=N–C) groups is 1. The first-order valence-electron chi connectivity index (χ1n) is 9.46. The number of nitrogens with one attached hydrogen (secondary N) is 2. The SMILES string of the molecule is CCNC(=NCC(CC)CC)NCC1CCN(CCOC)CC1.I. The van der Waals surface area contributed by atoms with Gasteiger partial charge in [0.25, 0.3) is 0 Å². The van der Waals surface area contributed by atoms with Crippen molar-refractivity contribution >= 4 is 29.9 Å². The molecule has 1 aliphatic heterocycles. The monoisotopic (exact) mass is 454 g/mol. The number of nitrogens with zero attached hydrogens (tertiary/aromatic N) is 2. The Balaban J connectivity index is 0.00000529. The fourth-order valence-corrected chi connectivity index (χ4v) is 2.98. The van der Waals surface area contributed by atoms with Crippen molar-refractivity contribution in [1.29, 1.82) is 0 Å². The van der Waals surface area contributed by atoms with Gasteiger partial charge < -0.3 is 20.3 Å². The van der Waals surface area contributed by atoms with Crippen molar-refractivity contribution < 1.29 is 4.74 Å². The van der Waals surface area contributed by atoms with Crippen LogP contribution < -0.4 is 10.6 Å². The van der Waals surface area contributed by atoms with Gasteiger partial charge in [-0.05, 0) is 44.7 Å². The van der Waals surface area contributed by atoms with E-state index in [1.54, 1.807) is 7.11 Å². The number of ether oxygens (including phenoxy) is 1. The van der Waals surface area contributed by atoms with E-state index in [9.17, 15) is 0 Å². The van der Waals surface area contributed by atoms with Gasteiger partial charge in [0.05, 0.1) is 6.61 Å². The van der Waals surface area contributed by atoms with E-state index in [-0.39, 0.29) is 24.0 Å². The fraction of sp³-hybridized carbons (Fsp3) is 0.944. The fourth-order valence-electron chi connectivity index (χ4n) is 2.98. The minimum absolute atomic E-state index is 0. The standard InChI is InChI=1S/C18H38N4O.HI/c1-5-16(6-2)14-20-18(19-7-3)21-15-17-8-10-22(11-9-17)12-13-23-4;/h16-17H,5-15H2,1-4H3,(H2,19,20,21);1H. The van der Waals surface area contributed by atoms with Crippen molar-refractivity contribution in [2.45, 2.75) is 46.5 Å². The molecule has 0 aliphatic carbocycles. The summed E-state index contributed by atoms with van der Waals surface area (Å²) in [6.07, 6.45) is 4.95.